The van der Waals surface area contributed by atoms with E-state index in [1.165, 1.54) is 0 Å². The number of likely N-dealkylation sites (N-methyl/N-ethyl adjacent to an activating group) is 1. The van der Waals surface area contributed by atoms with Crippen LogP contribution in [0.2, 0.25) is 0 Å². The van der Waals surface area contributed by atoms with Gasteiger partial charge in [-0.1, -0.05) is 18.2 Å². The molecule has 3 rings (SSSR count). The summed E-state index contributed by atoms with van der Waals surface area (Å²) in [4.78, 5) is 16.8. The first-order valence-electron chi connectivity index (χ1n) is 5.32. The van der Waals surface area contributed by atoms with Crippen molar-refractivity contribution >= 4 is 34.1 Å². The second kappa shape index (κ2) is 3.56. The predicted octanol–water partition coefficient (Wildman–Crippen LogP) is 1.56. The molecule has 1 aromatic heterocycles. The molecule has 1 aliphatic heterocycles. The summed E-state index contributed by atoms with van der Waals surface area (Å²) in [6.07, 6.45) is 1.87. The molecule has 17 heavy (non-hydrogen) atoms. The van der Waals surface area contributed by atoms with Crippen molar-refractivity contribution < 1.29 is 4.79 Å². The van der Waals surface area contributed by atoms with Crippen molar-refractivity contribution in [2.45, 2.75) is 6.04 Å². The molecular formula is C12H11N3OS. The Morgan fingerprint density at radius 1 is 1.35 bits per heavy atom. The lowest BCUT2D eigenvalue weighted by Gasteiger charge is -2.17. The van der Waals surface area contributed by atoms with Crippen LogP contribution < -0.4 is 5.32 Å². The summed E-state index contributed by atoms with van der Waals surface area (Å²) < 4.78 is 0. The average molecular weight is 245 g/mol. The molecule has 1 atom stereocenters. The lowest BCUT2D eigenvalue weighted by molar-refractivity contribution is -0.121. The summed E-state index contributed by atoms with van der Waals surface area (Å²) in [6, 6.07) is 7.59. The number of aromatic nitrogens is 1. The third-order valence-corrected chi connectivity index (χ3v) is 3.49. The molecule has 86 valence electrons. The molecule has 1 unspecified atom stereocenters. The van der Waals surface area contributed by atoms with Gasteiger partial charge in [0, 0.05) is 29.7 Å². The Kier molecular flexibility index (Phi) is 2.16. The van der Waals surface area contributed by atoms with Crippen LogP contribution in [0.25, 0.3) is 10.9 Å². The minimum Gasteiger partial charge on any atom is -0.361 e. The quantitative estimate of drug-likeness (QED) is 0.749. The molecule has 1 amide bonds. The summed E-state index contributed by atoms with van der Waals surface area (Å²) in [7, 11) is 1.83. The minimum atomic E-state index is -0.335. The average Bonchev–Trinajstić information content (AvgIpc) is 2.82. The van der Waals surface area contributed by atoms with Gasteiger partial charge >= 0.3 is 0 Å². The van der Waals surface area contributed by atoms with Crippen molar-refractivity contribution in [1.29, 1.82) is 0 Å². The van der Waals surface area contributed by atoms with Gasteiger partial charge in [0.05, 0.1) is 0 Å². The van der Waals surface area contributed by atoms with E-state index in [0.717, 1.165) is 16.5 Å². The molecule has 2 N–H and O–H groups in total. The molecule has 0 saturated carbocycles. The van der Waals surface area contributed by atoms with E-state index in [1.54, 1.807) is 4.90 Å². The summed E-state index contributed by atoms with van der Waals surface area (Å²) in [6.45, 7) is 0. The summed E-state index contributed by atoms with van der Waals surface area (Å²) in [5, 5.41) is 4.21. The number of benzene rings is 1. The van der Waals surface area contributed by atoms with Crippen LogP contribution >= 0.6 is 12.2 Å². The highest BCUT2D eigenvalue weighted by Crippen LogP contribution is 2.30. The molecule has 0 spiro atoms. The lowest BCUT2D eigenvalue weighted by atomic mass is 10.1. The van der Waals surface area contributed by atoms with Crippen LogP contribution in [0.15, 0.2) is 30.5 Å². The van der Waals surface area contributed by atoms with E-state index >= 15 is 0 Å². The lowest BCUT2D eigenvalue weighted by Crippen LogP contribution is -2.24. The molecule has 4 nitrogen and oxygen atoms in total. The van der Waals surface area contributed by atoms with E-state index in [1.807, 2.05) is 37.5 Å². The fourth-order valence-corrected chi connectivity index (χ4v) is 2.43. The third-order valence-electron chi connectivity index (χ3n) is 3.10. The van der Waals surface area contributed by atoms with Gasteiger partial charge in [0.15, 0.2) is 5.11 Å². The molecule has 0 radical (unpaired) electrons. The predicted molar refractivity (Wildman–Crippen MR) is 69.5 cm³/mol. The first-order chi connectivity index (χ1) is 8.18. The Balaban J connectivity index is 2.16. The van der Waals surface area contributed by atoms with Crippen LogP contribution in [-0.4, -0.2) is 28.0 Å². The molecule has 1 fully saturated rings. The number of nitrogens with zero attached hydrogens (tertiary/aromatic N) is 1. The number of aromatic amines is 1. The number of hydrogen-bond donors (Lipinski definition) is 2. The number of amides is 1. The highest BCUT2D eigenvalue weighted by atomic mass is 32.1. The molecule has 0 aliphatic carbocycles. The number of rotatable bonds is 1. The van der Waals surface area contributed by atoms with Gasteiger partial charge in [0.1, 0.15) is 6.04 Å². The van der Waals surface area contributed by atoms with Gasteiger partial charge in [-0.25, -0.2) is 0 Å². The molecule has 5 heteroatoms. The maximum Gasteiger partial charge on any atom is 0.253 e. The molecule has 1 aromatic carbocycles. The second-order valence-corrected chi connectivity index (χ2v) is 4.48. The van der Waals surface area contributed by atoms with Crippen molar-refractivity contribution in [2.24, 2.45) is 0 Å². The largest absolute Gasteiger partial charge is 0.361 e. The molecule has 1 saturated heterocycles. The fourth-order valence-electron chi connectivity index (χ4n) is 2.23. The van der Waals surface area contributed by atoms with Crippen molar-refractivity contribution in [3.63, 3.8) is 0 Å². The van der Waals surface area contributed by atoms with Gasteiger partial charge in [0.25, 0.3) is 5.91 Å². The van der Waals surface area contributed by atoms with Crippen LogP contribution in [-0.2, 0) is 4.79 Å². The molecular weight excluding hydrogens is 234 g/mol. The molecule has 2 heterocycles. The monoisotopic (exact) mass is 245 g/mol. The van der Waals surface area contributed by atoms with E-state index in [4.69, 9.17) is 12.2 Å². The number of thiocarbonyl (C=S) groups is 1. The Hall–Kier alpha value is -1.88. The zero-order valence-electron chi connectivity index (χ0n) is 9.23. The van der Waals surface area contributed by atoms with Gasteiger partial charge in [-0.2, -0.15) is 0 Å². The fraction of sp³-hybridized carbons (Fsp3) is 0.167. The normalized spacial score (nSPS) is 20.1. The maximum absolute atomic E-state index is 11.9. The van der Waals surface area contributed by atoms with Gasteiger partial charge in [-0.15, -0.1) is 0 Å². The van der Waals surface area contributed by atoms with E-state index in [2.05, 4.69) is 10.3 Å². The number of fused-ring (bicyclic) bond motifs is 1. The Morgan fingerprint density at radius 3 is 2.82 bits per heavy atom. The third kappa shape index (κ3) is 1.43. The SMILES string of the molecule is CN1C(=S)NC(=O)C1c1c[nH]c2ccccc12. The first-order valence-corrected chi connectivity index (χ1v) is 5.73. The van der Waals surface area contributed by atoms with Crippen molar-refractivity contribution in [3.05, 3.63) is 36.0 Å². The van der Waals surface area contributed by atoms with Crippen molar-refractivity contribution in [2.75, 3.05) is 7.05 Å². The van der Waals surface area contributed by atoms with E-state index in [9.17, 15) is 4.79 Å². The van der Waals surface area contributed by atoms with Crippen LogP contribution in [0.4, 0.5) is 0 Å². The van der Waals surface area contributed by atoms with Gasteiger partial charge < -0.3 is 15.2 Å². The number of hydrogen-bond acceptors (Lipinski definition) is 2. The topological polar surface area (TPSA) is 48.1 Å². The van der Waals surface area contributed by atoms with Gasteiger partial charge in [0.2, 0.25) is 0 Å². The second-order valence-electron chi connectivity index (χ2n) is 4.10. The Labute approximate surface area is 104 Å². The number of H-pyrrole nitrogens is 1. The van der Waals surface area contributed by atoms with Gasteiger partial charge in [-0.3, -0.25) is 4.79 Å². The van der Waals surface area contributed by atoms with E-state index < -0.39 is 0 Å². The Bertz CT molecular complexity index is 619. The summed E-state index contributed by atoms with van der Waals surface area (Å²) >= 11 is 5.08. The zero-order valence-corrected chi connectivity index (χ0v) is 10.0. The first kappa shape index (κ1) is 10.3. The standard InChI is InChI=1S/C12H11N3OS/c1-15-10(11(16)14-12(15)17)8-6-13-9-5-3-2-4-7(8)9/h2-6,10,13H,1H3,(H,14,16,17). The smallest absolute Gasteiger partial charge is 0.253 e. The molecule has 2 aromatic rings. The summed E-state index contributed by atoms with van der Waals surface area (Å²) in [5.74, 6) is -0.0674. The maximum atomic E-state index is 11.9. The van der Waals surface area contributed by atoms with Crippen molar-refractivity contribution in [1.82, 2.24) is 15.2 Å². The zero-order chi connectivity index (χ0) is 12.0. The van der Waals surface area contributed by atoms with Crippen LogP contribution in [0.1, 0.15) is 11.6 Å². The number of carbonyl (C=O) groups is 1. The van der Waals surface area contributed by atoms with Gasteiger partial charge in [-0.05, 0) is 18.3 Å². The number of carbonyl (C=O) groups excluding carboxylic acids is 1. The molecule has 1 aliphatic rings. The van der Waals surface area contributed by atoms with E-state index in [0.29, 0.717) is 5.11 Å². The number of para-hydroxylation sites is 1. The van der Waals surface area contributed by atoms with Crippen molar-refractivity contribution in [3.8, 4) is 0 Å². The highest BCUT2D eigenvalue weighted by Gasteiger charge is 2.35. The van der Waals surface area contributed by atoms with Crippen LogP contribution in [0, 0.1) is 0 Å². The number of nitrogens with one attached hydrogen (secondary N) is 2. The minimum absolute atomic E-state index is 0.0674. The van der Waals surface area contributed by atoms with Crippen LogP contribution in [0.5, 0.6) is 0 Å². The highest BCUT2D eigenvalue weighted by molar-refractivity contribution is 7.80. The molecule has 0 bridgehead atoms. The summed E-state index contributed by atoms with van der Waals surface area (Å²) in [5.41, 5.74) is 1.99. The Morgan fingerprint density at radius 2 is 2.12 bits per heavy atom. The van der Waals surface area contributed by atoms with Crippen LogP contribution in [0.3, 0.4) is 0 Å². The van der Waals surface area contributed by atoms with E-state index in [-0.39, 0.29) is 11.9 Å².